The first-order valence-corrected chi connectivity index (χ1v) is 6.79. The van der Waals surface area contributed by atoms with Crippen LogP contribution in [0.15, 0.2) is 24.3 Å². The third kappa shape index (κ3) is 2.13. The molecule has 0 aromatic heterocycles. The molecule has 0 radical (unpaired) electrons. The summed E-state index contributed by atoms with van der Waals surface area (Å²) in [6.45, 7) is 0. The largest absolute Gasteiger partial charge is 0.497 e. The van der Waals surface area contributed by atoms with Gasteiger partial charge in [-0.05, 0) is 30.5 Å². The Hall–Kier alpha value is -2.04. The quantitative estimate of drug-likeness (QED) is 0.910. The molecule has 3 rings (SSSR count). The molecular weight excluding hydrogens is 258 g/mol. The SMILES string of the molecule is COc1ccc([C@@H]2[C@H](C(=O)O)CC(=O)N2C2CC2)cc1. The van der Waals surface area contributed by atoms with Gasteiger partial charge in [0.25, 0.3) is 0 Å². The van der Waals surface area contributed by atoms with Crippen LogP contribution in [-0.2, 0) is 9.59 Å². The van der Waals surface area contributed by atoms with Crippen molar-refractivity contribution in [2.75, 3.05) is 7.11 Å². The summed E-state index contributed by atoms with van der Waals surface area (Å²) in [5.41, 5.74) is 0.871. The molecular formula is C15H17NO4. The molecule has 1 aromatic rings. The van der Waals surface area contributed by atoms with Gasteiger partial charge in [0.1, 0.15) is 5.75 Å². The number of carbonyl (C=O) groups is 2. The first-order chi connectivity index (χ1) is 9.61. The third-order valence-corrected chi connectivity index (χ3v) is 4.08. The van der Waals surface area contributed by atoms with Crippen molar-refractivity contribution in [1.29, 1.82) is 0 Å². The zero-order valence-electron chi connectivity index (χ0n) is 11.3. The summed E-state index contributed by atoms with van der Waals surface area (Å²) in [5.74, 6) is -0.873. The fraction of sp³-hybridized carbons (Fsp3) is 0.467. The van der Waals surface area contributed by atoms with Gasteiger partial charge in [0.2, 0.25) is 5.91 Å². The zero-order chi connectivity index (χ0) is 14.3. The maximum atomic E-state index is 12.1. The summed E-state index contributed by atoms with van der Waals surface area (Å²) in [5, 5.41) is 9.38. The fourth-order valence-electron chi connectivity index (χ4n) is 2.95. The van der Waals surface area contributed by atoms with E-state index in [1.165, 1.54) is 0 Å². The van der Waals surface area contributed by atoms with Gasteiger partial charge >= 0.3 is 5.97 Å². The second-order valence-electron chi connectivity index (χ2n) is 5.40. The number of rotatable bonds is 4. The van der Waals surface area contributed by atoms with Crippen LogP contribution < -0.4 is 4.74 Å². The molecule has 2 aliphatic rings. The first-order valence-electron chi connectivity index (χ1n) is 6.79. The molecule has 0 bridgehead atoms. The van der Waals surface area contributed by atoms with E-state index in [0.29, 0.717) is 0 Å². The van der Waals surface area contributed by atoms with E-state index >= 15 is 0 Å². The van der Waals surface area contributed by atoms with Crippen molar-refractivity contribution in [3.8, 4) is 5.75 Å². The molecule has 1 saturated heterocycles. The highest BCUT2D eigenvalue weighted by atomic mass is 16.5. The summed E-state index contributed by atoms with van der Waals surface area (Å²) in [6.07, 6.45) is 2.05. The summed E-state index contributed by atoms with van der Waals surface area (Å²) >= 11 is 0. The lowest BCUT2D eigenvalue weighted by Gasteiger charge is -2.27. The normalized spacial score (nSPS) is 25.9. The van der Waals surface area contributed by atoms with Gasteiger partial charge < -0.3 is 14.7 Å². The molecule has 20 heavy (non-hydrogen) atoms. The molecule has 1 aliphatic carbocycles. The molecule has 5 nitrogen and oxygen atoms in total. The number of nitrogens with zero attached hydrogens (tertiary/aromatic N) is 1. The fourth-order valence-corrected chi connectivity index (χ4v) is 2.95. The lowest BCUT2D eigenvalue weighted by molar-refractivity contribution is -0.142. The summed E-state index contributed by atoms with van der Waals surface area (Å²) in [4.78, 5) is 25.3. The molecule has 2 atom stereocenters. The predicted molar refractivity (Wildman–Crippen MR) is 71.3 cm³/mol. The van der Waals surface area contributed by atoms with Crippen molar-refractivity contribution < 1.29 is 19.4 Å². The Kier molecular flexibility index (Phi) is 3.12. The van der Waals surface area contributed by atoms with Crippen LogP contribution >= 0.6 is 0 Å². The molecule has 5 heteroatoms. The number of carbonyl (C=O) groups excluding carboxylic acids is 1. The molecule has 106 valence electrons. The molecule has 2 fully saturated rings. The number of hydrogen-bond acceptors (Lipinski definition) is 3. The summed E-state index contributed by atoms with van der Waals surface area (Å²) in [6, 6.07) is 7.20. The highest BCUT2D eigenvalue weighted by molar-refractivity contribution is 5.87. The summed E-state index contributed by atoms with van der Waals surface area (Å²) < 4.78 is 5.12. The Balaban J connectivity index is 1.95. The Morgan fingerprint density at radius 2 is 1.95 bits per heavy atom. The van der Waals surface area contributed by atoms with Gasteiger partial charge in [-0.25, -0.2) is 0 Å². The molecule has 1 aliphatic heterocycles. The van der Waals surface area contributed by atoms with Crippen LogP contribution in [0.25, 0.3) is 0 Å². The Labute approximate surface area is 117 Å². The zero-order valence-corrected chi connectivity index (χ0v) is 11.3. The van der Waals surface area contributed by atoms with Crippen LogP contribution in [0.1, 0.15) is 30.9 Å². The average molecular weight is 275 g/mol. The van der Waals surface area contributed by atoms with Crippen LogP contribution in [0.2, 0.25) is 0 Å². The number of methoxy groups -OCH3 is 1. The van der Waals surface area contributed by atoms with Gasteiger partial charge in [0, 0.05) is 12.5 Å². The van der Waals surface area contributed by atoms with E-state index in [4.69, 9.17) is 4.74 Å². The topological polar surface area (TPSA) is 66.8 Å². The van der Waals surface area contributed by atoms with Crippen LogP contribution in [0, 0.1) is 5.92 Å². The van der Waals surface area contributed by atoms with Crippen molar-refractivity contribution in [1.82, 2.24) is 4.90 Å². The maximum absolute atomic E-state index is 12.1. The molecule has 1 aromatic carbocycles. The van der Waals surface area contributed by atoms with E-state index in [0.717, 1.165) is 24.2 Å². The number of benzene rings is 1. The molecule has 0 unspecified atom stereocenters. The van der Waals surface area contributed by atoms with E-state index < -0.39 is 11.9 Å². The van der Waals surface area contributed by atoms with Crippen LogP contribution in [0.3, 0.4) is 0 Å². The van der Waals surface area contributed by atoms with Gasteiger partial charge in [-0.2, -0.15) is 0 Å². The minimum Gasteiger partial charge on any atom is -0.497 e. The number of carboxylic acid groups (broad SMARTS) is 1. The van der Waals surface area contributed by atoms with Crippen molar-refractivity contribution in [3.05, 3.63) is 29.8 Å². The number of ether oxygens (including phenoxy) is 1. The Bertz CT molecular complexity index is 535. The lowest BCUT2D eigenvalue weighted by Crippen LogP contribution is -2.32. The highest BCUT2D eigenvalue weighted by Crippen LogP contribution is 2.45. The third-order valence-electron chi connectivity index (χ3n) is 4.08. The van der Waals surface area contributed by atoms with E-state index in [1.807, 2.05) is 24.3 Å². The second-order valence-corrected chi connectivity index (χ2v) is 5.40. The van der Waals surface area contributed by atoms with Gasteiger partial charge in [0.15, 0.2) is 0 Å². The van der Waals surface area contributed by atoms with Gasteiger partial charge in [-0.15, -0.1) is 0 Å². The van der Waals surface area contributed by atoms with Crippen molar-refractivity contribution >= 4 is 11.9 Å². The van der Waals surface area contributed by atoms with E-state index in [9.17, 15) is 14.7 Å². The minimum absolute atomic E-state index is 0.0410. The Morgan fingerprint density at radius 3 is 2.45 bits per heavy atom. The number of carboxylic acids is 1. The summed E-state index contributed by atoms with van der Waals surface area (Å²) in [7, 11) is 1.59. The maximum Gasteiger partial charge on any atom is 0.309 e. The monoisotopic (exact) mass is 275 g/mol. The standard InChI is InChI=1S/C15H17NO4/c1-20-11-6-2-9(3-7-11)14-12(15(18)19)8-13(17)16(14)10-4-5-10/h2-3,6-7,10,12,14H,4-5,8H2,1H3,(H,18,19)/t12-,14-/m1/s1. The van der Waals surface area contributed by atoms with E-state index in [2.05, 4.69) is 0 Å². The van der Waals surface area contributed by atoms with Gasteiger partial charge in [-0.3, -0.25) is 9.59 Å². The molecule has 1 amide bonds. The van der Waals surface area contributed by atoms with Crippen LogP contribution in [0.5, 0.6) is 5.75 Å². The van der Waals surface area contributed by atoms with Crippen LogP contribution in [-0.4, -0.2) is 35.0 Å². The highest BCUT2D eigenvalue weighted by Gasteiger charge is 2.49. The van der Waals surface area contributed by atoms with Gasteiger partial charge in [-0.1, -0.05) is 12.1 Å². The van der Waals surface area contributed by atoms with Gasteiger partial charge in [0.05, 0.1) is 19.1 Å². The average Bonchev–Trinajstić information content (AvgIpc) is 3.22. The smallest absolute Gasteiger partial charge is 0.309 e. The molecule has 1 saturated carbocycles. The van der Waals surface area contributed by atoms with Crippen molar-refractivity contribution in [3.63, 3.8) is 0 Å². The molecule has 1 heterocycles. The van der Waals surface area contributed by atoms with Crippen molar-refractivity contribution in [2.24, 2.45) is 5.92 Å². The predicted octanol–water partition coefficient (Wildman–Crippen LogP) is 1.83. The second kappa shape index (κ2) is 4.81. The molecule has 0 spiro atoms. The van der Waals surface area contributed by atoms with E-state index in [1.54, 1.807) is 12.0 Å². The number of likely N-dealkylation sites (tertiary alicyclic amines) is 1. The van der Waals surface area contributed by atoms with Crippen molar-refractivity contribution in [2.45, 2.75) is 31.3 Å². The minimum atomic E-state index is -0.901. The number of amides is 1. The Morgan fingerprint density at radius 1 is 1.30 bits per heavy atom. The van der Waals surface area contributed by atoms with Crippen LogP contribution in [0.4, 0.5) is 0 Å². The first kappa shape index (κ1) is 13.0. The van der Waals surface area contributed by atoms with E-state index in [-0.39, 0.29) is 24.4 Å². The number of aliphatic carboxylic acids is 1. The number of hydrogen-bond donors (Lipinski definition) is 1. The molecule has 1 N–H and O–H groups in total. The lowest BCUT2D eigenvalue weighted by atomic mass is 9.93.